The van der Waals surface area contributed by atoms with Gasteiger partial charge in [0.05, 0.1) is 14.2 Å². The van der Waals surface area contributed by atoms with E-state index < -0.39 is 0 Å². The summed E-state index contributed by atoms with van der Waals surface area (Å²) < 4.78 is 10.7. The summed E-state index contributed by atoms with van der Waals surface area (Å²) >= 11 is 0. The first-order chi connectivity index (χ1) is 9.55. The number of benzene rings is 1. The minimum atomic E-state index is 0.509. The van der Waals surface area contributed by atoms with Gasteiger partial charge in [0.25, 0.3) is 0 Å². The summed E-state index contributed by atoms with van der Waals surface area (Å²) in [6.07, 6.45) is 1.19. The molecule has 1 atom stereocenters. The fraction of sp³-hybridized carbons (Fsp3) is 0.625. The van der Waals surface area contributed by atoms with Crippen molar-refractivity contribution in [2.24, 2.45) is 0 Å². The highest BCUT2D eigenvalue weighted by Gasteiger charge is 2.24. The Morgan fingerprint density at radius 3 is 2.40 bits per heavy atom. The van der Waals surface area contributed by atoms with Gasteiger partial charge in [0.1, 0.15) is 0 Å². The molecule has 1 fully saturated rings. The molecule has 0 saturated carbocycles. The van der Waals surface area contributed by atoms with Crippen LogP contribution < -0.4 is 14.8 Å². The molecule has 1 aromatic carbocycles. The van der Waals surface area contributed by atoms with Gasteiger partial charge in [0.2, 0.25) is 0 Å². The highest BCUT2D eigenvalue weighted by Crippen LogP contribution is 2.33. The summed E-state index contributed by atoms with van der Waals surface area (Å²) in [5.41, 5.74) is 2.32. The lowest BCUT2D eigenvalue weighted by molar-refractivity contribution is 0.274. The van der Waals surface area contributed by atoms with Crippen LogP contribution in [0, 0.1) is 6.92 Å². The number of nitrogens with one attached hydrogen (secondary N) is 1. The van der Waals surface area contributed by atoms with Crippen molar-refractivity contribution in [2.45, 2.75) is 39.3 Å². The quantitative estimate of drug-likeness (QED) is 0.898. The van der Waals surface area contributed by atoms with Crippen LogP contribution in [0.2, 0.25) is 0 Å². The summed E-state index contributed by atoms with van der Waals surface area (Å²) in [6, 6.07) is 5.19. The number of nitrogens with zero attached hydrogens (tertiary/aromatic N) is 1. The second-order valence-electron chi connectivity index (χ2n) is 5.74. The molecular formula is C16H26N2O2. The molecule has 4 nitrogen and oxygen atoms in total. The van der Waals surface area contributed by atoms with Crippen LogP contribution in [0.3, 0.4) is 0 Å². The van der Waals surface area contributed by atoms with E-state index in [1.165, 1.54) is 18.5 Å². The van der Waals surface area contributed by atoms with Crippen molar-refractivity contribution in [3.63, 3.8) is 0 Å². The smallest absolute Gasteiger partial charge is 0.162 e. The van der Waals surface area contributed by atoms with Gasteiger partial charge in [0, 0.05) is 36.9 Å². The summed E-state index contributed by atoms with van der Waals surface area (Å²) in [7, 11) is 3.34. The highest BCUT2D eigenvalue weighted by molar-refractivity contribution is 5.60. The van der Waals surface area contributed by atoms with Crippen molar-refractivity contribution in [1.29, 1.82) is 0 Å². The van der Waals surface area contributed by atoms with E-state index in [0.29, 0.717) is 12.1 Å². The molecule has 1 aliphatic rings. The lowest BCUT2D eigenvalue weighted by Crippen LogP contribution is -2.31. The Kier molecular flexibility index (Phi) is 4.76. The van der Waals surface area contributed by atoms with E-state index in [-0.39, 0.29) is 0 Å². The molecule has 0 bridgehead atoms. The van der Waals surface area contributed by atoms with Gasteiger partial charge in [-0.1, -0.05) is 0 Å². The van der Waals surface area contributed by atoms with Crippen LogP contribution in [0.5, 0.6) is 11.5 Å². The predicted octanol–water partition coefficient (Wildman–Crippen LogP) is 2.91. The van der Waals surface area contributed by atoms with E-state index in [9.17, 15) is 0 Å². The minimum Gasteiger partial charge on any atom is -0.493 e. The van der Waals surface area contributed by atoms with Gasteiger partial charge in [0.15, 0.2) is 11.5 Å². The molecule has 1 saturated heterocycles. The van der Waals surface area contributed by atoms with E-state index in [1.54, 1.807) is 14.2 Å². The summed E-state index contributed by atoms with van der Waals surface area (Å²) in [6.45, 7) is 8.88. The van der Waals surface area contributed by atoms with Gasteiger partial charge in [-0.05, 0) is 38.8 Å². The van der Waals surface area contributed by atoms with E-state index in [2.05, 4.69) is 31.0 Å². The monoisotopic (exact) mass is 278 g/mol. The fourth-order valence-corrected chi connectivity index (χ4v) is 2.73. The third kappa shape index (κ3) is 3.18. The van der Waals surface area contributed by atoms with Gasteiger partial charge < -0.3 is 14.8 Å². The van der Waals surface area contributed by atoms with E-state index >= 15 is 0 Å². The number of likely N-dealkylation sites (tertiary alicyclic amines) is 1. The van der Waals surface area contributed by atoms with Crippen molar-refractivity contribution < 1.29 is 9.47 Å². The molecule has 20 heavy (non-hydrogen) atoms. The molecule has 0 amide bonds. The number of methoxy groups -OCH3 is 2. The van der Waals surface area contributed by atoms with Gasteiger partial charge in [-0.2, -0.15) is 0 Å². The number of anilines is 1. The third-order valence-corrected chi connectivity index (χ3v) is 4.04. The zero-order chi connectivity index (χ0) is 14.7. The predicted molar refractivity (Wildman–Crippen MR) is 83.0 cm³/mol. The van der Waals surface area contributed by atoms with Crippen LogP contribution in [0.1, 0.15) is 25.8 Å². The van der Waals surface area contributed by atoms with Crippen LogP contribution in [0.4, 0.5) is 5.69 Å². The Hall–Kier alpha value is -1.42. The Labute approximate surface area is 122 Å². The molecule has 1 unspecified atom stereocenters. The highest BCUT2D eigenvalue weighted by atomic mass is 16.5. The summed E-state index contributed by atoms with van der Waals surface area (Å²) in [4.78, 5) is 2.51. The van der Waals surface area contributed by atoms with Crippen LogP contribution in [-0.4, -0.2) is 44.3 Å². The average Bonchev–Trinajstić information content (AvgIpc) is 2.89. The Bertz CT molecular complexity index is 460. The molecular weight excluding hydrogens is 252 g/mol. The SMILES string of the molecule is COc1cc(C)c(NC2CCN(C(C)C)C2)cc1OC. The molecule has 2 rings (SSSR count). The van der Waals surface area contributed by atoms with Crippen molar-refractivity contribution in [2.75, 3.05) is 32.6 Å². The van der Waals surface area contributed by atoms with Gasteiger partial charge in [-0.3, -0.25) is 4.90 Å². The molecule has 0 aliphatic carbocycles. The van der Waals surface area contributed by atoms with E-state index in [0.717, 1.165) is 23.7 Å². The first kappa shape index (κ1) is 15.0. The largest absolute Gasteiger partial charge is 0.493 e. The first-order valence-corrected chi connectivity index (χ1v) is 7.28. The van der Waals surface area contributed by atoms with Crippen LogP contribution >= 0.6 is 0 Å². The number of hydrogen-bond donors (Lipinski definition) is 1. The number of hydrogen-bond acceptors (Lipinski definition) is 4. The normalized spacial score (nSPS) is 19.4. The first-order valence-electron chi connectivity index (χ1n) is 7.28. The van der Waals surface area contributed by atoms with E-state index in [1.807, 2.05) is 12.1 Å². The topological polar surface area (TPSA) is 33.7 Å². The molecule has 0 aromatic heterocycles. The second-order valence-corrected chi connectivity index (χ2v) is 5.74. The Balaban J connectivity index is 2.10. The minimum absolute atomic E-state index is 0.509. The maximum atomic E-state index is 5.38. The standard InChI is InChI=1S/C16H26N2O2/c1-11(2)18-7-6-13(10-18)17-14-9-16(20-5)15(19-4)8-12(14)3/h8-9,11,13,17H,6-7,10H2,1-5H3. The van der Waals surface area contributed by atoms with Gasteiger partial charge >= 0.3 is 0 Å². The molecule has 1 aromatic rings. The molecule has 0 spiro atoms. The summed E-state index contributed by atoms with van der Waals surface area (Å²) in [5, 5.41) is 3.64. The zero-order valence-corrected chi connectivity index (χ0v) is 13.2. The van der Waals surface area contributed by atoms with Gasteiger partial charge in [-0.25, -0.2) is 0 Å². The van der Waals surface area contributed by atoms with Gasteiger partial charge in [-0.15, -0.1) is 0 Å². The fourth-order valence-electron chi connectivity index (χ4n) is 2.73. The van der Waals surface area contributed by atoms with Crippen molar-refractivity contribution in [1.82, 2.24) is 4.90 Å². The molecule has 112 valence electrons. The molecule has 1 N–H and O–H groups in total. The average molecular weight is 278 g/mol. The number of ether oxygens (including phenoxy) is 2. The molecule has 1 aliphatic heterocycles. The van der Waals surface area contributed by atoms with Crippen LogP contribution in [0.25, 0.3) is 0 Å². The van der Waals surface area contributed by atoms with Crippen molar-refractivity contribution >= 4 is 5.69 Å². The number of rotatable bonds is 5. The van der Waals surface area contributed by atoms with Crippen molar-refractivity contribution in [3.05, 3.63) is 17.7 Å². The van der Waals surface area contributed by atoms with Crippen LogP contribution in [0.15, 0.2) is 12.1 Å². The van der Waals surface area contributed by atoms with Crippen molar-refractivity contribution in [3.8, 4) is 11.5 Å². The molecule has 1 heterocycles. The second kappa shape index (κ2) is 6.35. The molecule has 4 heteroatoms. The maximum Gasteiger partial charge on any atom is 0.162 e. The lowest BCUT2D eigenvalue weighted by atomic mass is 10.1. The zero-order valence-electron chi connectivity index (χ0n) is 13.2. The Morgan fingerprint density at radius 1 is 1.20 bits per heavy atom. The molecule has 0 radical (unpaired) electrons. The van der Waals surface area contributed by atoms with Crippen LogP contribution in [-0.2, 0) is 0 Å². The third-order valence-electron chi connectivity index (χ3n) is 4.04. The van der Waals surface area contributed by atoms with E-state index in [4.69, 9.17) is 9.47 Å². The number of aryl methyl sites for hydroxylation is 1. The summed E-state index contributed by atoms with van der Waals surface area (Å²) in [5.74, 6) is 1.56. The lowest BCUT2D eigenvalue weighted by Gasteiger charge is -2.22. The maximum absolute atomic E-state index is 5.38. The Morgan fingerprint density at radius 2 is 1.85 bits per heavy atom.